The first-order valence-electron chi connectivity index (χ1n) is 11.7. The summed E-state index contributed by atoms with van der Waals surface area (Å²) in [5.41, 5.74) is 3.44. The van der Waals surface area contributed by atoms with Gasteiger partial charge < -0.3 is 10.2 Å². The number of nitrogens with one attached hydrogen (secondary N) is 1. The average Bonchev–Trinajstić information content (AvgIpc) is 2.75. The number of benzene rings is 2. The minimum atomic E-state index is -3.53. The van der Waals surface area contributed by atoms with E-state index >= 15 is 0 Å². The third-order valence-electron chi connectivity index (χ3n) is 5.77. The van der Waals surface area contributed by atoms with Crippen LogP contribution in [-0.4, -0.2) is 50.0 Å². The molecule has 0 saturated carbocycles. The maximum atomic E-state index is 13.3. The Morgan fingerprint density at radius 3 is 2.29 bits per heavy atom. The first-order chi connectivity index (χ1) is 16.3. The number of anilines is 1. The number of aryl methyl sites for hydroxylation is 2. The van der Waals surface area contributed by atoms with Gasteiger partial charge in [0.1, 0.15) is 6.04 Å². The molecular weight excluding hydrogens is 486 g/mol. The van der Waals surface area contributed by atoms with Gasteiger partial charge >= 0.3 is 0 Å². The molecule has 0 heterocycles. The number of hydrogen-bond acceptors (Lipinski definition) is 4. The van der Waals surface area contributed by atoms with E-state index < -0.39 is 16.1 Å². The predicted octanol–water partition coefficient (Wildman–Crippen LogP) is 4.44. The van der Waals surface area contributed by atoms with E-state index in [1.165, 1.54) is 9.21 Å². The van der Waals surface area contributed by atoms with Crippen LogP contribution in [-0.2, 0) is 26.2 Å². The molecule has 1 N–H and O–H groups in total. The molecule has 1 atom stereocenters. The van der Waals surface area contributed by atoms with Crippen molar-refractivity contribution in [3.05, 3.63) is 64.2 Å². The van der Waals surface area contributed by atoms with Crippen LogP contribution in [0.4, 0.5) is 5.69 Å². The normalized spacial score (nSPS) is 12.3. The summed E-state index contributed by atoms with van der Waals surface area (Å²) in [6.07, 6.45) is 1.56. The van der Waals surface area contributed by atoms with Crippen molar-refractivity contribution in [2.24, 2.45) is 0 Å². The fourth-order valence-electron chi connectivity index (χ4n) is 3.70. The number of sulfonamides is 1. The number of rotatable bonds is 11. The lowest BCUT2D eigenvalue weighted by Gasteiger charge is -2.30. The van der Waals surface area contributed by atoms with Gasteiger partial charge in [-0.2, -0.15) is 0 Å². The summed E-state index contributed by atoms with van der Waals surface area (Å²) in [4.78, 5) is 27.5. The summed E-state index contributed by atoms with van der Waals surface area (Å²) >= 11 is 6.11. The first kappa shape index (κ1) is 28.7. The minimum Gasteiger partial charge on any atom is -0.352 e. The zero-order valence-corrected chi connectivity index (χ0v) is 22.9. The number of carbonyl (C=O) groups excluding carboxylic acids is 2. The van der Waals surface area contributed by atoms with Gasteiger partial charge in [0.05, 0.1) is 11.9 Å². The third kappa shape index (κ3) is 8.54. The van der Waals surface area contributed by atoms with Gasteiger partial charge in [0.15, 0.2) is 0 Å². The summed E-state index contributed by atoms with van der Waals surface area (Å²) in [5.74, 6) is -0.479. The Morgan fingerprint density at radius 1 is 1.03 bits per heavy atom. The van der Waals surface area contributed by atoms with E-state index in [-0.39, 0.29) is 37.4 Å². The van der Waals surface area contributed by atoms with Gasteiger partial charge in [-0.25, -0.2) is 8.42 Å². The Kier molecular flexibility index (Phi) is 10.2. The van der Waals surface area contributed by atoms with Crippen LogP contribution in [0.1, 0.15) is 50.3 Å². The second-order valence-electron chi connectivity index (χ2n) is 9.20. The van der Waals surface area contributed by atoms with Crippen LogP contribution in [0, 0.1) is 13.8 Å². The molecule has 0 bridgehead atoms. The van der Waals surface area contributed by atoms with Crippen molar-refractivity contribution in [3.63, 3.8) is 0 Å². The highest BCUT2D eigenvalue weighted by Gasteiger charge is 2.27. The lowest BCUT2D eigenvalue weighted by atomic mass is 10.1. The van der Waals surface area contributed by atoms with E-state index in [1.807, 2.05) is 45.9 Å². The highest BCUT2D eigenvalue weighted by atomic mass is 35.5. The van der Waals surface area contributed by atoms with E-state index in [0.29, 0.717) is 17.1 Å². The highest BCUT2D eigenvalue weighted by molar-refractivity contribution is 7.92. The zero-order chi connectivity index (χ0) is 26.3. The lowest BCUT2D eigenvalue weighted by Crippen LogP contribution is -2.49. The Labute approximate surface area is 214 Å². The molecule has 2 amide bonds. The Morgan fingerprint density at radius 2 is 1.71 bits per heavy atom. The van der Waals surface area contributed by atoms with Crippen molar-refractivity contribution >= 4 is 39.1 Å². The monoisotopic (exact) mass is 521 g/mol. The van der Waals surface area contributed by atoms with Crippen molar-refractivity contribution in [3.8, 4) is 0 Å². The molecule has 0 aliphatic heterocycles. The number of amides is 2. The van der Waals surface area contributed by atoms with Crippen molar-refractivity contribution < 1.29 is 18.0 Å². The molecule has 2 aromatic carbocycles. The number of hydrogen-bond donors (Lipinski definition) is 1. The van der Waals surface area contributed by atoms with Crippen LogP contribution in [0.15, 0.2) is 42.5 Å². The molecule has 192 valence electrons. The second-order valence-corrected chi connectivity index (χ2v) is 11.5. The minimum absolute atomic E-state index is 0.0608. The molecule has 0 radical (unpaired) electrons. The van der Waals surface area contributed by atoms with Gasteiger partial charge in [-0.15, -0.1) is 0 Å². The quantitative estimate of drug-likeness (QED) is 0.473. The molecule has 0 fully saturated rings. The third-order valence-corrected chi connectivity index (χ3v) is 7.20. The summed E-state index contributed by atoms with van der Waals surface area (Å²) in [6, 6.07) is 11.9. The smallest absolute Gasteiger partial charge is 0.242 e. The van der Waals surface area contributed by atoms with E-state index in [4.69, 9.17) is 11.6 Å². The topological polar surface area (TPSA) is 86.8 Å². The molecule has 9 heteroatoms. The van der Waals surface area contributed by atoms with Crippen molar-refractivity contribution in [2.75, 3.05) is 17.1 Å². The highest BCUT2D eigenvalue weighted by Crippen LogP contribution is 2.22. The van der Waals surface area contributed by atoms with Crippen LogP contribution in [0.3, 0.4) is 0 Å². The van der Waals surface area contributed by atoms with Gasteiger partial charge in [-0.05, 0) is 82.0 Å². The zero-order valence-electron chi connectivity index (χ0n) is 21.3. The van der Waals surface area contributed by atoms with Crippen LogP contribution < -0.4 is 9.62 Å². The second kappa shape index (κ2) is 12.4. The van der Waals surface area contributed by atoms with E-state index in [9.17, 15) is 18.0 Å². The largest absolute Gasteiger partial charge is 0.352 e. The maximum absolute atomic E-state index is 13.3. The Balaban J connectivity index is 2.19. The van der Waals surface area contributed by atoms with E-state index in [0.717, 1.165) is 22.9 Å². The maximum Gasteiger partial charge on any atom is 0.242 e. The summed E-state index contributed by atoms with van der Waals surface area (Å²) < 4.78 is 26.3. The van der Waals surface area contributed by atoms with Crippen LogP contribution >= 0.6 is 11.6 Å². The molecule has 2 rings (SSSR count). The fraction of sp³-hybridized carbons (Fsp3) is 0.462. The van der Waals surface area contributed by atoms with Gasteiger partial charge in [-0.1, -0.05) is 29.8 Å². The summed E-state index contributed by atoms with van der Waals surface area (Å²) in [5, 5.41) is 3.40. The van der Waals surface area contributed by atoms with Gasteiger partial charge in [0, 0.05) is 30.6 Å². The first-order valence-corrected chi connectivity index (χ1v) is 13.9. The molecule has 0 spiro atoms. The summed E-state index contributed by atoms with van der Waals surface area (Å²) in [7, 11) is -3.53. The average molecular weight is 522 g/mol. The Bertz CT molecular complexity index is 1150. The van der Waals surface area contributed by atoms with Crippen LogP contribution in [0.25, 0.3) is 0 Å². The van der Waals surface area contributed by atoms with Crippen LogP contribution in [0.5, 0.6) is 0 Å². The molecule has 0 aliphatic rings. The number of nitrogens with zero attached hydrogens (tertiary/aromatic N) is 2. The van der Waals surface area contributed by atoms with Crippen LogP contribution in [0.2, 0.25) is 5.02 Å². The van der Waals surface area contributed by atoms with E-state index in [2.05, 4.69) is 5.32 Å². The molecule has 0 unspecified atom stereocenters. The fourth-order valence-corrected chi connectivity index (χ4v) is 4.87. The number of carbonyl (C=O) groups is 2. The summed E-state index contributed by atoms with van der Waals surface area (Å²) in [6.45, 7) is 9.69. The number of halogens is 1. The van der Waals surface area contributed by atoms with Gasteiger partial charge in [-0.3, -0.25) is 13.9 Å². The SMILES string of the molecule is Cc1ccc(N(CCCC(=O)N(Cc2cccc(Cl)c2)[C@@H](C)C(=O)NC(C)C)S(C)(=O)=O)cc1C. The molecule has 0 aromatic heterocycles. The van der Waals surface area contributed by atoms with Crippen molar-refractivity contribution in [2.45, 2.75) is 66.1 Å². The molecule has 7 nitrogen and oxygen atoms in total. The molecule has 0 saturated heterocycles. The molecular formula is C26H36ClN3O4S. The van der Waals surface area contributed by atoms with Gasteiger partial charge in [0.25, 0.3) is 0 Å². The standard InChI is InChI=1S/C26H36ClN3O4S/c1-18(2)28-26(32)21(5)29(17-22-9-7-10-23(27)16-22)25(31)11-8-14-30(35(6,33)34)24-13-12-19(3)20(4)15-24/h7,9-10,12-13,15-16,18,21H,8,11,14,17H2,1-6H3,(H,28,32)/t21-/m0/s1. The van der Waals surface area contributed by atoms with E-state index in [1.54, 1.807) is 31.2 Å². The molecule has 0 aliphatic carbocycles. The lowest BCUT2D eigenvalue weighted by molar-refractivity contribution is -0.140. The predicted molar refractivity (Wildman–Crippen MR) is 142 cm³/mol. The van der Waals surface area contributed by atoms with Gasteiger partial charge in [0.2, 0.25) is 21.8 Å². The van der Waals surface area contributed by atoms with Crippen molar-refractivity contribution in [1.29, 1.82) is 0 Å². The Hall–Kier alpha value is -2.58. The molecule has 35 heavy (non-hydrogen) atoms. The van der Waals surface area contributed by atoms with Crippen molar-refractivity contribution in [1.82, 2.24) is 10.2 Å². The molecule has 2 aromatic rings.